The summed E-state index contributed by atoms with van der Waals surface area (Å²) in [7, 11) is -2.16. The summed E-state index contributed by atoms with van der Waals surface area (Å²) in [5.74, 6) is 0.523. The molecule has 3 aromatic carbocycles. The largest absolute Gasteiger partial charge is 0.495 e. The van der Waals surface area contributed by atoms with Crippen LogP contribution in [0.3, 0.4) is 0 Å². The van der Waals surface area contributed by atoms with E-state index in [9.17, 15) is 13.2 Å². The van der Waals surface area contributed by atoms with E-state index in [2.05, 4.69) is 14.7 Å². The van der Waals surface area contributed by atoms with Gasteiger partial charge in [-0.1, -0.05) is 41.9 Å². The lowest BCUT2D eigenvalue weighted by atomic mass is 10.1. The average molecular weight is 616 g/mol. The van der Waals surface area contributed by atoms with Crippen molar-refractivity contribution in [1.82, 2.24) is 24.3 Å². The van der Waals surface area contributed by atoms with E-state index < -0.39 is 16.1 Å². The minimum absolute atomic E-state index is 0.192. The summed E-state index contributed by atoms with van der Waals surface area (Å²) in [6, 6.07) is 21.0. The highest BCUT2D eigenvalue weighted by molar-refractivity contribution is 7.92. The topological polar surface area (TPSA) is 147 Å². The van der Waals surface area contributed by atoms with Crippen molar-refractivity contribution in [2.75, 3.05) is 23.8 Å². The van der Waals surface area contributed by atoms with E-state index in [0.29, 0.717) is 55.2 Å². The summed E-state index contributed by atoms with van der Waals surface area (Å²) in [4.78, 5) is 22.7. The molecule has 13 heteroatoms. The van der Waals surface area contributed by atoms with Crippen LogP contribution in [-0.2, 0) is 10.0 Å². The average Bonchev–Trinajstić information content (AvgIpc) is 3.37. The van der Waals surface area contributed by atoms with E-state index in [4.69, 9.17) is 27.2 Å². The van der Waals surface area contributed by atoms with Gasteiger partial charge in [-0.3, -0.25) is 14.1 Å². The van der Waals surface area contributed by atoms with Crippen LogP contribution in [0.4, 0.5) is 11.5 Å². The van der Waals surface area contributed by atoms with Crippen molar-refractivity contribution in [3.05, 3.63) is 100 Å². The number of hydrogen-bond donors (Lipinski definition) is 2. The summed E-state index contributed by atoms with van der Waals surface area (Å²) >= 11 is 6.50. The molecule has 11 nitrogen and oxygen atoms in total. The zero-order valence-electron chi connectivity index (χ0n) is 23.3. The van der Waals surface area contributed by atoms with E-state index in [-0.39, 0.29) is 17.1 Å². The minimum Gasteiger partial charge on any atom is -0.495 e. The highest BCUT2D eigenvalue weighted by atomic mass is 35.5. The van der Waals surface area contributed by atoms with Crippen molar-refractivity contribution >= 4 is 54.9 Å². The lowest BCUT2D eigenvalue weighted by Gasteiger charge is -2.21. The first-order chi connectivity index (χ1) is 20.6. The molecule has 3 N–H and O–H groups in total. The molecule has 0 aliphatic rings. The van der Waals surface area contributed by atoms with Crippen LogP contribution in [0.2, 0.25) is 5.02 Å². The maximum atomic E-state index is 14.0. The first kappa shape index (κ1) is 28.2. The molecule has 0 fully saturated rings. The Morgan fingerprint density at radius 1 is 1.00 bits per heavy atom. The Morgan fingerprint density at radius 2 is 1.77 bits per heavy atom. The molecule has 0 aliphatic carbocycles. The molecular weight excluding hydrogens is 590 g/mol. The number of hydrogen-bond acceptors (Lipinski definition) is 8. The molecule has 6 rings (SSSR count). The van der Waals surface area contributed by atoms with Crippen molar-refractivity contribution in [3.63, 3.8) is 0 Å². The maximum absolute atomic E-state index is 14.0. The van der Waals surface area contributed by atoms with Gasteiger partial charge in [0.25, 0.3) is 5.56 Å². The number of nitrogens with two attached hydrogens (primary N) is 1. The molecule has 43 heavy (non-hydrogen) atoms. The van der Waals surface area contributed by atoms with Gasteiger partial charge in [0.05, 0.1) is 46.6 Å². The molecule has 1 atom stereocenters. The molecule has 0 amide bonds. The molecule has 0 saturated carbocycles. The smallest absolute Gasteiger partial charge is 0.264 e. The fourth-order valence-corrected chi connectivity index (χ4v) is 6.04. The predicted octanol–water partition coefficient (Wildman–Crippen LogP) is 5.02. The molecule has 0 saturated heterocycles. The summed E-state index contributed by atoms with van der Waals surface area (Å²) in [5, 5.41) is 6.85. The van der Waals surface area contributed by atoms with Crippen LogP contribution in [0.1, 0.15) is 18.7 Å². The Hall–Kier alpha value is -4.94. The van der Waals surface area contributed by atoms with Crippen LogP contribution in [-0.4, -0.2) is 46.1 Å². The molecule has 3 heterocycles. The van der Waals surface area contributed by atoms with Crippen LogP contribution < -0.4 is 20.8 Å². The number of ether oxygens (including phenoxy) is 1. The fraction of sp³-hybridized carbons (Fsp3) is 0.133. The molecule has 0 bridgehead atoms. The zero-order chi connectivity index (χ0) is 30.5. The number of nitrogens with zero attached hydrogens (tertiary/aromatic N) is 5. The Morgan fingerprint density at radius 3 is 2.49 bits per heavy atom. The van der Waals surface area contributed by atoms with Gasteiger partial charge in [0, 0.05) is 11.3 Å². The Bertz CT molecular complexity index is 2200. The predicted molar refractivity (Wildman–Crippen MR) is 169 cm³/mol. The van der Waals surface area contributed by atoms with E-state index in [0.717, 1.165) is 6.26 Å². The van der Waals surface area contributed by atoms with Gasteiger partial charge in [-0.05, 0) is 54.8 Å². The molecule has 0 unspecified atom stereocenters. The maximum Gasteiger partial charge on any atom is 0.264 e. The molecule has 6 aromatic rings. The van der Waals surface area contributed by atoms with Gasteiger partial charge in [0.1, 0.15) is 23.6 Å². The van der Waals surface area contributed by atoms with Crippen molar-refractivity contribution in [1.29, 1.82) is 0 Å². The van der Waals surface area contributed by atoms with Crippen LogP contribution in [0.25, 0.3) is 38.8 Å². The monoisotopic (exact) mass is 615 g/mol. The zero-order valence-corrected chi connectivity index (χ0v) is 24.9. The molecule has 0 spiro atoms. The molecular formula is C30H26ClN7O4S. The van der Waals surface area contributed by atoms with Crippen LogP contribution >= 0.6 is 11.6 Å². The summed E-state index contributed by atoms with van der Waals surface area (Å²) in [6.45, 7) is 1.91. The van der Waals surface area contributed by atoms with E-state index in [1.165, 1.54) is 13.4 Å². The van der Waals surface area contributed by atoms with Crippen molar-refractivity contribution < 1.29 is 13.2 Å². The number of anilines is 2. The number of para-hydroxylation sites is 1. The van der Waals surface area contributed by atoms with E-state index in [1.54, 1.807) is 39.6 Å². The third-order valence-corrected chi connectivity index (χ3v) is 8.03. The number of methoxy groups -OCH3 is 1. The Kier molecular flexibility index (Phi) is 7.03. The standard InChI is InChI=1S/C30H26ClN7O4S/c1-17(23-15-18-8-7-11-21(31)25(18)30(39)37(23)20-9-5-4-6-10-20)38-29-26(28(32)33-16-34-29)27(35-38)19-12-13-24(42-2)22(14-19)36-43(3,40)41/h4-17,36H,1-3H3,(H2,32,33,34)/t17-/m1/s1. The molecule has 0 radical (unpaired) electrons. The minimum atomic E-state index is -3.61. The highest BCUT2D eigenvalue weighted by Gasteiger charge is 2.25. The van der Waals surface area contributed by atoms with Gasteiger partial charge in [0.2, 0.25) is 10.0 Å². The normalized spacial score (nSPS) is 12.5. The number of nitrogens with one attached hydrogen (secondary N) is 1. The summed E-state index contributed by atoms with van der Waals surface area (Å²) in [5.41, 5.74) is 9.04. The van der Waals surface area contributed by atoms with Crippen molar-refractivity contribution in [2.45, 2.75) is 13.0 Å². The number of aromatic nitrogens is 5. The van der Waals surface area contributed by atoms with Gasteiger partial charge in [-0.2, -0.15) is 5.10 Å². The van der Waals surface area contributed by atoms with Crippen LogP contribution in [0.15, 0.2) is 83.9 Å². The van der Waals surface area contributed by atoms with Gasteiger partial charge >= 0.3 is 0 Å². The van der Waals surface area contributed by atoms with Gasteiger partial charge in [0.15, 0.2) is 5.65 Å². The third kappa shape index (κ3) is 5.04. The first-order valence-electron chi connectivity index (χ1n) is 13.1. The number of pyridine rings is 1. The van der Waals surface area contributed by atoms with Crippen molar-refractivity contribution in [3.8, 4) is 22.7 Å². The second-order valence-corrected chi connectivity index (χ2v) is 12.1. The van der Waals surface area contributed by atoms with Gasteiger partial charge < -0.3 is 10.5 Å². The number of benzene rings is 3. The number of sulfonamides is 1. The summed E-state index contributed by atoms with van der Waals surface area (Å²) in [6.07, 6.45) is 2.40. The lowest BCUT2D eigenvalue weighted by molar-refractivity contribution is 0.417. The molecule has 218 valence electrons. The highest BCUT2D eigenvalue weighted by Crippen LogP contribution is 2.37. The Balaban J connectivity index is 1.61. The molecule has 0 aliphatic heterocycles. The third-order valence-electron chi connectivity index (χ3n) is 7.12. The summed E-state index contributed by atoms with van der Waals surface area (Å²) < 4.78 is 35.3. The lowest BCUT2D eigenvalue weighted by Crippen LogP contribution is -2.26. The molecule has 3 aromatic heterocycles. The van der Waals surface area contributed by atoms with Crippen LogP contribution in [0.5, 0.6) is 5.75 Å². The quantitative estimate of drug-likeness (QED) is 0.254. The van der Waals surface area contributed by atoms with Gasteiger partial charge in [-0.25, -0.2) is 23.1 Å². The number of fused-ring (bicyclic) bond motifs is 2. The number of halogens is 1. The van der Waals surface area contributed by atoms with Crippen LogP contribution in [0, 0.1) is 0 Å². The first-order valence-corrected chi connectivity index (χ1v) is 15.4. The van der Waals surface area contributed by atoms with E-state index in [1.807, 2.05) is 49.4 Å². The van der Waals surface area contributed by atoms with E-state index >= 15 is 0 Å². The van der Waals surface area contributed by atoms with Gasteiger partial charge in [-0.15, -0.1) is 0 Å². The fourth-order valence-electron chi connectivity index (χ4n) is 5.22. The second kappa shape index (κ2) is 10.7. The Labute approximate surface area is 251 Å². The number of nitrogen functional groups attached to an aromatic ring is 1. The second-order valence-electron chi connectivity index (χ2n) is 9.97. The van der Waals surface area contributed by atoms with Crippen molar-refractivity contribution in [2.24, 2.45) is 0 Å². The number of rotatable bonds is 7. The SMILES string of the molecule is COc1ccc(-c2nn([C@H](C)c3cc4cccc(Cl)c4c(=O)n3-c3ccccc3)c3ncnc(N)c23)cc1NS(C)(=O)=O.